The fourth-order valence-corrected chi connectivity index (χ4v) is 1.97. The van der Waals surface area contributed by atoms with Gasteiger partial charge in [0.15, 0.2) is 0 Å². The first-order chi connectivity index (χ1) is 8.79. The minimum atomic E-state index is 0.480. The summed E-state index contributed by atoms with van der Waals surface area (Å²) in [5.41, 5.74) is 2.68. The Hall–Kier alpha value is -1.80. The van der Waals surface area contributed by atoms with Crippen LogP contribution in [0.4, 0.5) is 0 Å². The normalized spacial score (nSPS) is 12.1. The molecule has 0 aliphatic carbocycles. The molecule has 2 aromatic carbocycles. The Balaban J connectivity index is 1.91. The summed E-state index contributed by atoms with van der Waals surface area (Å²) in [4.78, 5) is 0. The number of quaternary nitrogens is 1. The topological polar surface area (TPSA) is 25.8 Å². The summed E-state index contributed by atoms with van der Waals surface area (Å²) in [7, 11) is 1.69. The van der Waals surface area contributed by atoms with Crippen LogP contribution in [0.1, 0.15) is 24.1 Å². The van der Waals surface area contributed by atoms with Crippen molar-refractivity contribution in [1.82, 2.24) is 0 Å². The molecule has 0 radical (unpaired) electrons. The van der Waals surface area contributed by atoms with Gasteiger partial charge >= 0.3 is 0 Å². The van der Waals surface area contributed by atoms with Crippen LogP contribution >= 0.6 is 0 Å². The van der Waals surface area contributed by atoms with E-state index in [4.69, 9.17) is 4.74 Å². The fourth-order valence-electron chi connectivity index (χ4n) is 1.97. The van der Waals surface area contributed by atoms with E-state index in [2.05, 4.69) is 54.7 Å². The second-order valence-electron chi connectivity index (χ2n) is 4.49. The Morgan fingerprint density at radius 3 is 2.28 bits per heavy atom. The zero-order valence-corrected chi connectivity index (χ0v) is 11.0. The lowest BCUT2D eigenvalue weighted by atomic mass is 10.1. The standard InChI is InChI=1S/C16H19NO/c1-13(15-6-4-3-5-7-15)17-12-14-8-10-16(18-2)11-9-14/h3-11,13,17H,12H2,1-2H3/p+1/t13-/m1/s1. The van der Waals surface area contributed by atoms with Crippen LogP contribution in [0.15, 0.2) is 54.6 Å². The van der Waals surface area contributed by atoms with Crippen molar-refractivity contribution < 1.29 is 10.1 Å². The van der Waals surface area contributed by atoms with Crippen LogP contribution in [0.25, 0.3) is 0 Å². The van der Waals surface area contributed by atoms with E-state index in [1.165, 1.54) is 11.1 Å². The van der Waals surface area contributed by atoms with E-state index in [1.807, 2.05) is 12.1 Å². The van der Waals surface area contributed by atoms with Gasteiger partial charge in [0.25, 0.3) is 0 Å². The molecule has 0 unspecified atom stereocenters. The van der Waals surface area contributed by atoms with Crippen LogP contribution in [0.5, 0.6) is 5.75 Å². The molecule has 0 amide bonds. The van der Waals surface area contributed by atoms with Crippen molar-refractivity contribution in [3.05, 3.63) is 65.7 Å². The van der Waals surface area contributed by atoms with Gasteiger partial charge in [-0.25, -0.2) is 0 Å². The zero-order chi connectivity index (χ0) is 12.8. The molecule has 2 aromatic rings. The second-order valence-corrected chi connectivity index (χ2v) is 4.49. The molecule has 0 spiro atoms. The summed E-state index contributed by atoms with van der Waals surface area (Å²) in [6.45, 7) is 3.22. The van der Waals surface area contributed by atoms with Gasteiger partial charge in [0.2, 0.25) is 0 Å². The van der Waals surface area contributed by atoms with Gasteiger partial charge in [-0.15, -0.1) is 0 Å². The maximum absolute atomic E-state index is 5.15. The van der Waals surface area contributed by atoms with Crippen LogP contribution in [0.3, 0.4) is 0 Å². The number of ether oxygens (including phenoxy) is 1. The molecule has 0 aliphatic rings. The van der Waals surface area contributed by atoms with Crippen molar-refractivity contribution in [2.75, 3.05) is 7.11 Å². The second kappa shape index (κ2) is 6.22. The average Bonchev–Trinajstić information content (AvgIpc) is 2.46. The molecule has 2 nitrogen and oxygen atoms in total. The van der Waals surface area contributed by atoms with Gasteiger partial charge in [-0.05, 0) is 31.2 Å². The summed E-state index contributed by atoms with van der Waals surface area (Å²) >= 11 is 0. The lowest BCUT2D eigenvalue weighted by molar-refractivity contribution is -0.707. The average molecular weight is 242 g/mol. The third-order valence-corrected chi connectivity index (χ3v) is 3.19. The van der Waals surface area contributed by atoms with E-state index in [-0.39, 0.29) is 0 Å². The van der Waals surface area contributed by atoms with Crippen molar-refractivity contribution in [1.29, 1.82) is 0 Å². The van der Waals surface area contributed by atoms with Gasteiger partial charge in [0, 0.05) is 11.1 Å². The van der Waals surface area contributed by atoms with Crippen LogP contribution in [-0.4, -0.2) is 7.11 Å². The first-order valence-corrected chi connectivity index (χ1v) is 6.31. The van der Waals surface area contributed by atoms with Gasteiger partial charge in [0.05, 0.1) is 7.11 Å². The lowest BCUT2D eigenvalue weighted by Crippen LogP contribution is -2.83. The summed E-state index contributed by atoms with van der Waals surface area (Å²) in [5.74, 6) is 0.912. The fraction of sp³-hybridized carbons (Fsp3) is 0.250. The predicted molar refractivity (Wildman–Crippen MR) is 73.5 cm³/mol. The number of hydrogen-bond donors (Lipinski definition) is 1. The summed E-state index contributed by atoms with van der Waals surface area (Å²) in [5, 5.41) is 2.34. The molecule has 0 aromatic heterocycles. The molecule has 1 atom stereocenters. The number of benzene rings is 2. The molecule has 2 N–H and O–H groups in total. The van der Waals surface area contributed by atoms with Crippen molar-refractivity contribution in [3.8, 4) is 5.75 Å². The highest BCUT2D eigenvalue weighted by molar-refractivity contribution is 5.26. The van der Waals surface area contributed by atoms with E-state index in [9.17, 15) is 0 Å². The first kappa shape index (κ1) is 12.7. The van der Waals surface area contributed by atoms with E-state index >= 15 is 0 Å². The van der Waals surface area contributed by atoms with Gasteiger partial charge in [-0.3, -0.25) is 0 Å². The third-order valence-electron chi connectivity index (χ3n) is 3.19. The molecule has 0 heterocycles. The maximum Gasteiger partial charge on any atom is 0.118 e. The maximum atomic E-state index is 5.15. The van der Waals surface area contributed by atoms with E-state index < -0.39 is 0 Å². The van der Waals surface area contributed by atoms with Crippen LogP contribution in [-0.2, 0) is 6.54 Å². The number of nitrogens with two attached hydrogens (primary N) is 1. The number of rotatable bonds is 5. The largest absolute Gasteiger partial charge is 0.497 e. The minimum Gasteiger partial charge on any atom is -0.497 e. The molecule has 0 saturated carbocycles. The Bertz CT molecular complexity index is 464. The molecule has 94 valence electrons. The van der Waals surface area contributed by atoms with Crippen LogP contribution in [0.2, 0.25) is 0 Å². The highest BCUT2D eigenvalue weighted by Crippen LogP contribution is 2.11. The zero-order valence-electron chi connectivity index (χ0n) is 11.0. The SMILES string of the molecule is COc1ccc(C[NH2+][C@H](C)c2ccccc2)cc1. The van der Waals surface area contributed by atoms with Gasteiger partial charge in [-0.2, -0.15) is 0 Å². The Kier molecular flexibility index (Phi) is 4.37. The molecule has 0 aliphatic heterocycles. The van der Waals surface area contributed by atoms with Crippen molar-refractivity contribution in [2.24, 2.45) is 0 Å². The summed E-state index contributed by atoms with van der Waals surface area (Å²) in [6.07, 6.45) is 0. The molecular weight excluding hydrogens is 222 g/mol. The number of hydrogen-bond acceptors (Lipinski definition) is 1. The van der Waals surface area contributed by atoms with Crippen molar-refractivity contribution in [3.63, 3.8) is 0 Å². The Morgan fingerprint density at radius 2 is 1.67 bits per heavy atom. The van der Waals surface area contributed by atoms with Crippen LogP contribution in [0, 0.1) is 0 Å². The molecule has 0 bridgehead atoms. The summed E-state index contributed by atoms with van der Waals surface area (Å²) in [6, 6.07) is 19.3. The highest BCUT2D eigenvalue weighted by atomic mass is 16.5. The molecule has 18 heavy (non-hydrogen) atoms. The quantitative estimate of drug-likeness (QED) is 0.856. The highest BCUT2D eigenvalue weighted by Gasteiger charge is 2.07. The van der Waals surface area contributed by atoms with Gasteiger partial charge in [0.1, 0.15) is 18.3 Å². The smallest absolute Gasteiger partial charge is 0.118 e. The monoisotopic (exact) mass is 242 g/mol. The summed E-state index contributed by atoms with van der Waals surface area (Å²) < 4.78 is 5.15. The van der Waals surface area contributed by atoms with Gasteiger partial charge < -0.3 is 10.1 Å². The Labute approximate surface area is 109 Å². The van der Waals surface area contributed by atoms with Crippen LogP contribution < -0.4 is 10.1 Å². The molecule has 2 rings (SSSR count). The molecule has 0 saturated heterocycles. The molecule has 0 fully saturated rings. The van der Waals surface area contributed by atoms with Crippen molar-refractivity contribution in [2.45, 2.75) is 19.5 Å². The molecular formula is C16H20NO+. The van der Waals surface area contributed by atoms with E-state index in [0.29, 0.717) is 6.04 Å². The van der Waals surface area contributed by atoms with E-state index in [1.54, 1.807) is 7.11 Å². The predicted octanol–water partition coefficient (Wildman–Crippen LogP) is 2.52. The van der Waals surface area contributed by atoms with Crippen molar-refractivity contribution >= 4 is 0 Å². The number of methoxy groups -OCH3 is 1. The Morgan fingerprint density at radius 1 is 1.00 bits per heavy atom. The van der Waals surface area contributed by atoms with E-state index in [0.717, 1.165) is 12.3 Å². The molecule has 2 heteroatoms. The lowest BCUT2D eigenvalue weighted by Gasteiger charge is -2.11. The van der Waals surface area contributed by atoms with Gasteiger partial charge in [-0.1, -0.05) is 30.3 Å². The first-order valence-electron chi connectivity index (χ1n) is 6.31. The minimum absolute atomic E-state index is 0.480. The third kappa shape index (κ3) is 3.34.